The molecule has 3 heterocycles. The second-order valence-electron chi connectivity index (χ2n) is 9.55. The van der Waals surface area contributed by atoms with E-state index >= 15 is 0 Å². The van der Waals surface area contributed by atoms with Gasteiger partial charge < -0.3 is 28.9 Å². The Morgan fingerprint density at radius 3 is 2.65 bits per heavy atom. The highest BCUT2D eigenvalue weighted by molar-refractivity contribution is 7.78. The van der Waals surface area contributed by atoms with E-state index in [0.717, 1.165) is 0 Å². The van der Waals surface area contributed by atoms with Crippen molar-refractivity contribution in [2.24, 2.45) is 0 Å². The van der Waals surface area contributed by atoms with Crippen LogP contribution < -0.4 is 15.0 Å². The summed E-state index contributed by atoms with van der Waals surface area (Å²) < 4.78 is 32.9. The molecule has 15 heteroatoms. The van der Waals surface area contributed by atoms with Gasteiger partial charge in [0.25, 0.3) is 11.4 Å². The molecule has 0 aliphatic rings. The molecule has 0 aliphatic heterocycles. The molecule has 0 saturated carbocycles. The predicted octanol–water partition coefficient (Wildman–Crippen LogP) is 3.22. The molecule has 0 saturated heterocycles. The van der Waals surface area contributed by atoms with Crippen molar-refractivity contribution >= 4 is 28.2 Å². The number of carbonyl (C=O) groups excluding carboxylic acids is 1. The Bertz CT molecular complexity index is 1970. The van der Waals surface area contributed by atoms with E-state index in [1.54, 1.807) is 63.7 Å². The largest absolute Gasteiger partial charge is 0.437 e. The minimum absolute atomic E-state index is 0.00152. The van der Waals surface area contributed by atoms with Gasteiger partial charge >= 0.3 is 6.01 Å². The van der Waals surface area contributed by atoms with Gasteiger partial charge in [-0.3, -0.25) is 9.59 Å². The highest BCUT2D eigenvalue weighted by Gasteiger charge is 2.19. The van der Waals surface area contributed by atoms with Crippen LogP contribution in [-0.2, 0) is 28.0 Å². The fraction of sp³-hybridized carbons (Fsp3) is 0.179. The first kappa shape index (κ1) is 29.0. The van der Waals surface area contributed by atoms with Gasteiger partial charge in [0.2, 0.25) is 5.91 Å². The van der Waals surface area contributed by atoms with Crippen molar-refractivity contribution in [3.8, 4) is 40.8 Å². The number of nitrogens with zero attached hydrogens (tertiary/aromatic N) is 6. The van der Waals surface area contributed by atoms with E-state index in [-0.39, 0.29) is 46.8 Å². The third kappa shape index (κ3) is 6.72. The first-order chi connectivity index (χ1) is 20.6. The lowest BCUT2D eigenvalue weighted by molar-refractivity contribution is -0.127. The Hall–Kier alpha value is -5.46. The molecule has 1 unspecified atom stereocenters. The monoisotopic (exact) mass is 600 g/mol. The summed E-state index contributed by atoms with van der Waals surface area (Å²) in [5, 5.41) is 9.32. The number of nitrogens with one attached hydrogen (secondary N) is 2. The normalized spacial score (nSPS) is 11.6. The number of nitriles is 1. The Morgan fingerprint density at radius 2 is 1.95 bits per heavy atom. The summed E-state index contributed by atoms with van der Waals surface area (Å²) in [6.07, 6.45) is 3.32. The summed E-state index contributed by atoms with van der Waals surface area (Å²) in [7, 11) is 3.31. The molecule has 0 aliphatic carbocycles. The Balaban J connectivity index is 1.64. The zero-order valence-corrected chi connectivity index (χ0v) is 23.9. The van der Waals surface area contributed by atoms with Crippen molar-refractivity contribution < 1.29 is 23.0 Å². The van der Waals surface area contributed by atoms with Gasteiger partial charge in [-0.2, -0.15) is 15.2 Å². The smallest absolute Gasteiger partial charge is 0.327 e. The van der Waals surface area contributed by atoms with E-state index in [1.807, 2.05) is 6.07 Å². The lowest BCUT2D eigenvalue weighted by Gasteiger charge is -2.14. The SMILES string of the molecule is Cc1ccc(C#N)cc1Oc1nc(Oc2cc(CC(=O)N(C)C)cc(-c3ncc[nH]3)c2)c2[nH]c(=O)c(CS(=O)O)nc2n1. The highest BCUT2D eigenvalue weighted by atomic mass is 32.2. The van der Waals surface area contributed by atoms with Crippen LogP contribution >= 0.6 is 0 Å². The highest BCUT2D eigenvalue weighted by Crippen LogP contribution is 2.32. The van der Waals surface area contributed by atoms with Crippen LogP contribution in [0, 0.1) is 18.3 Å². The molecule has 1 amide bonds. The molecule has 0 bridgehead atoms. The number of rotatable bonds is 9. The van der Waals surface area contributed by atoms with E-state index in [4.69, 9.17) is 9.47 Å². The second-order valence-corrected chi connectivity index (χ2v) is 10.5. The average Bonchev–Trinajstić information content (AvgIpc) is 3.50. The molecule has 14 nitrogen and oxygen atoms in total. The number of aromatic nitrogens is 6. The molecule has 1 atom stereocenters. The molecule has 3 N–H and O–H groups in total. The van der Waals surface area contributed by atoms with Crippen LogP contribution in [0.4, 0.5) is 0 Å². The molecule has 2 aromatic carbocycles. The predicted molar refractivity (Wildman–Crippen MR) is 155 cm³/mol. The number of hydrogen-bond acceptors (Lipinski definition) is 10. The van der Waals surface area contributed by atoms with Crippen molar-refractivity contribution in [3.63, 3.8) is 0 Å². The number of aryl methyl sites for hydroxylation is 1. The van der Waals surface area contributed by atoms with Crippen LogP contribution in [-0.4, -0.2) is 63.6 Å². The molecule has 218 valence electrons. The van der Waals surface area contributed by atoms with Crippen LogP contribution in [0.15, 0.2) is 53.6 Å². The third-order valence-corrected chi connectivity index (χ3v) is 6.68. The van der Waals surface area contributed by atoms with Crippen LogP contribution in [0.25, 0.3) is 22.6 Å². The van der Waals surface area contributed by atoms with Gasteiger partial charge in [-0.25, -0.2) is 14.2 Å². The topological polar surface area (TPSA) is 200 Å². The van der Waals surface area contributed by atoms with E-state index in [0.29, 0.717) is 33.8 Å². The molecule has 0 fully saturated rings. The molecule has 0 spiro atoms. The van der Waals surface area contributed by atoms with Crippen LogP contribution in [0.2, 0.25) is 0 Å². The van der Waals surface area contributed by atoms with E-state index in [9.17, 15) is 23.6 Å². The number of likely N-dealkylation sites (N-methyl/N-ethyl adjacent to an activating group) is 1. The molecule has 3 aromatic heterocycles. The maximum absolute atomic E-state index is 12.7. The van der Waals surface area contributed by atoms with E-state index in [2.05, 4.69) is 29.9 Å². The van der Waals surface area contributed by atoms with Crippen molar-refractivity contribution in [2.75, 3.05) is 14.1 Å². The average molecular weight is 601 g/mol. The first-order valence-electron chi connectivity index (χ1n) is 12.7. The maximum atomic E-state index is 12.7. The number of ether oxygens (including phenoxy) is 2. The zero-order chi connectivity index (χ0) is 30.7. The van der Waals surface area contributed by atoms with Crippen molar-refractivity contribution in [2.45, 2.75) is 19.1 Å². The number of fused-ring (bicyclic) bond motifs is 1. The van der Waals surface area contributed by atoms with Crippen LogP contribution in [0.5, 0.6) is 23.4 Å². The number of imidazole rings is 1. The molecular formula is C28H24N8O6S. The second kappa shape index (κ2) is 12.2. The number of aromatic amines is 2. The summed E-state index contributed by atoms with van der Waals surface area (Å²) >= 11 is -2.34. The van der Waals surface area contributed by atoms with E-state index in [1.165, 1.54) is 11.0 Å². The Kier molecular flexibility index (Phi) is 8.23. The summed E-state index contributed by atoms with van der Waals surface area (Å²) in [6, 6.07) is 11.8. The quantitative estimate of drug-likeness (QED) is 0.210. The fourth-order valence-electron chi connectivity index (χ4n) is 4.00. The van der Waals surface area contributed by atoms with Gasteiger partial charge in [0.15, 0.2) is 22.2 Å². The van der Waals surface area contributed by atoms with Gasteiger partial charge in [-0.15, -0.1) is 0 Å². The standard InChI is InChI=1S/C28H24N8O6S/c1-15-4-5-16(13-29)10-21(15)42-28-34-25-23(33-26(38)20(32-25)14-43(39)40)27(35-28)41-19-9-17(11-22(37)36(2)3)8-18(12-19)24-30-6-7-31-24/h4-10,12H,11,14H2,1-3H3,(H,30,31)(H,33,38)(H,39,40). The van der Waals surface area contributed by atoms with Gasteiger partial charge in [0.05, 0.1) is 23.8 Å². The number of benzene rings is 2. The molecule has 0 radical (unpaired) electrons. The maximum Gasteiger partial charge on any atom is 0.327 e. The van der Waals surface area contributed by atoms with Crippen molar-refractivity contribution in [1.29, 1.82) is 5.26 Å². The van der Waals surface area contributed by atoms with Crippen molar-refractivity contribution in [1.82, 2.24) is 34.8 Å². The lowest BCUT2D eigenvalue weighted by Crippen LogP contribution is -2.23. The van der Waals surface area contributed by atoms with Crippen molar-refractivity contribution in [3.05, 3.63) is 81.5 Å². The first-order valence-corrected chi connectivity index (χ1v) is 14.0. The van der Waals surface area contributed by atoms with Gasteiger partial charge in [-0.1, -0.05) is 6.07 Å². The number of hydrogen-bond donors (Lipinski definition) is 3. The van der Waals surface area contributed by atoms with Crippen LogP contribution in [0.3, 0.4) is 0 Å². The third-order valence-electron chi connectivity index (χ3n) is 6.16. The fourth-order valence-corrected chi connectivity index (χ4v) is 4.43. The minimum Gasteiger partial charge on any atom is -0.437 e. The lowest BCUT2D eigenvalue weighted by atomic mass is 10.1. The van der Waals surface area contributed by atoms with Gasteiger partial charge in [0.1, 0.15) is 23.0 Å². The van der Waals surface area contributed by atoms with Crippen LogP contribution in [0.1, 0.15) is 22.4 Å². The van der Waals surface area contributed by atoms with E-state index < -0.39 is 22.4 Å². The summed E-state index contributed by atoms with van der Waals surface area (Å²) in [4.78, 5) is 49.5. The van der Waals surface area contributed by atoms with Gasteiger partial charge in [0, 0.05) is 32.1 Å². The molecule has 5 rings (SSSR count). The number of amides is 1. The Morgan fingerprint density at radius 1 is 1.14 bits per heavy atom. The summed E-state index contributed by atoms with van der Waals surface area (Å²) in [5.74, 6) is 0.282. The van der Waals surface area contributed by atoms with Gasteiger partial charge in [-0.05, 0) is 48.4 Å². The Labute approximate surface area is 246 Å². The number of H-pyrrole nitrogens is 2. The minimum atomic E-state index is -2.34. The number of carbonyl (C=O) groups is 1. The summed E-state index contributed by atoms with van der Waals surface area (Å²) in [6.45, 7) is 1.77. The molecule has 5 aromatic rings. The summed E-state index contributed by atoms with van der Waals surface area (Å²) in [5.41, 5.74) is 1.27. The molecular weight excluding hydrogens is 576 g/mol. The zero-order valence-electron chi connectivity index (χ0n) is 23.1. The molecule has 43 heavy (non-hydrogen) atoms.